The third-order valence-electron chi connectivity index (χ3n) is 5.48. The predicted octanol–water partition coefficient (Wildman–Crippen LogP) is 2.25. The van der Waals surface area contributed by atoms with E-state index >= 15 is 0 Å². The first-order valence-corrected chi connectivity index (χ1v) is 7.65. The summed E-state index contributed by atoms with van der Waals surface area (Å²) < 4.78 is 0.448. The van der Waals surface area contributed by atoms with Gasteiger partial charge in [-0.25, -0.2) is 0 Å². The second-order valence-corrected chi connectivity index (χ2v) is 8.52. The lowest BCUT2D eigenvalue weighted by atomic mass is 9.70. The van der Waals surface area contributed by atoms with Gasteiger partial charge in [0.1, 0.15) is 0 Å². The van der Waals surface area contributed by atoms with Crippen LogP contribution in [0.3, 0.4) is 0 Å². The molecule has 4 aliphatic rings. The van der Waals surface area contributed by atoms with Crippen molar-refractivity contribution >= 4 is 28.4 Å². The van der Waals surface area contributed by atoms with Crippen molar-refractivity contribution in [2.24, 2.45) is 17.8 Å². The molecule has 0 aromatic carbocycles. The van der Waals surface area contributed by atoms with Gasteiger partial charge >= 0.3 is 0 Å². The molecule has 3 heterocycles. The van der Waals surface area contributed by atoms with Gasteiger partial charge in [-0.1, -0.05) is 29.5 Å². The van der Waals surface area contributed by atoms with Crippen molar-refractivity contribution < 1.29 is 4.79 Å². The van der Waals surface area contributed by atoms with E-state index in [4.69, 9.17) is 0 Å². The van der Waals surface area contributed by atoms with Crippen LogP contribution in [0.25, 0.3) is 0 Å². The van der Waals surface area contributed by atoms with Gasteiger partial charge in [0.15, 0.2) is 5.78 Å². The molecule has 4 rings (SSSR count). The third-order valence-corrected chi connectivity index (χ3v) is 7.44. The van der Waals surface area contributed by atoms with E-state index in [0.717, 1.165) is 12.3 Å². The zero-order chi connectivity index (χ0) is 11.1. The van der Waals surface area contributed by atoms with Crippen molar-refractivity contribution in [3.63, 3.8) is 0 Å². The summed E-state index contributed by atoms with van der Waals surface area (Å²) in [5, 5.41) is 0. The SMILES string of the molecule is CC1CC2C3C(=O)CC4CN3C(C1)C2(I)C4. The zero-order valence-corrected chi connectivity index (χ0v) is 11.8. The fourth-order valence-electron chi connectivity index (χ4n) is 5.06. The van der Waals surface area contributed by atoms with Gasteiger partial charge in [0.2, 0.25) is 0 Å². The molecular formula is C13H18INO. The van der Waals surface area contributed by atoms with Gasteiger partial charge < -0.3 is 0 Å². The van der Waals surface area contributed by atoms with E-state index in [-0.39, 0.29) is 0 Å². The highest BCUT2D eigenvalue weighted by atomic mass is 127. The molecule has 0 aromatic rings. The van der Waals surface area contributed by atoms with Gasteiger partial charge in [-0.3, -0.25) is 9.69 Å². The summed E-state index contributed by atoms with van der Waals surface area (Å²) >= 11 is 2.73. The minimum atomic E-state index is 0.311. The van der Waals surface area contributed by atoms with Crippen molar-refractivity contribution in [2.45, 2.75) is 48.1 Å². The Kier molecular flexibility index (Phi) is 1.95. The van der Waals surface area contributed by atoms with Gasteiger partial charge in [0.05, 0.1) is 6.04 Å². The first kappa shape index (κ1) is 10.3. The van der Waals surface area contributed by atoms with E-state index in [9.17, 15) is 4.79 Å². The summed E-state index contributed by atoms with van der Waals surface area (Å²) in [4.78, 5) is 14.9. The number of piperidine rings is 2. The Bertz CT molecular complexity index is 371. The van der Waals surface area contributed by atoms with Crippen molar-refractivity contribution in [1.29, 1.82) is 0 Å². The monoisotopic (exact) mass is 331 g/mol. The average Bonchev–Trinajstić information content (AvgIpc) is 2.37. The molecule has 2 nitrogen and oxygen atoms in total. The quantitative estimate of drug-likeness (QED) is 0.501. The van der Waals surface area contributed by atoms with E-state index in [0.29, 0.717) is 33.1 Å². The maximum atomic E-state index is 12.3. The Hall–Kier alpha value is 0.360. The van der Waals surface area contributed by atoms with Crippen LogP contribution in [-0.4, -0.2) is 32.7 Å². The van der Waals surface area contributed by atoms with Crippen LogP contribution in [0.2, 0.25) is 0 Å². The highest BCUT2D eigenvalue weighted by molar-refractivity contribution is 14.1. The minimum absolute atomic E-state index is 0.311. The van der Waals surface area contributed by atoms with Crippen molar-refractivity contribution in [3.05, 3.63) is 0 Å². The molecule has 0 aromatic heterocycles. The van der Waals surface area contributed by atoms with E-state index < -0.39 is 0 Å². The molecule has 7 atom stereocenters. The molecule has 0 N–H and O–H groups in total. The number of rotatable bonds is 0. The molecule has 4 fully saturated rings. The number of carbonyl (C=O) groups excluding carboxylic acids is 1. The topological polar surface area (TPSA) is 20.3 Å². The molecule has 0 spiro atoms. The van der Waals surface area contributed by atoms with Crippen LogP contribution in [-0.2, 0) is 4.79 Å². The average molecular weight is 331 g/mol. The van der Waals surface area contributed by atoms with E-state index in [1.165, 1.54) is 25.8 Å². The number of nitrogens with zero attached hydrogens (tertiary/aromatic N) is 1. The second kappa shape index (κ2) is 3.02. The number of Topliss-reactive ketones (excluding diaryl/α,β-unsaturated/α-hetero) is 1. The summed E-state index contributed by atoms with van der Waals surface area (Å²) in [6.45, 7) is 3.59. The van der Waals surface area contributed by atoms with Gasteiger partial charge in [0, 0.05) is 22.4 Å². The van der Waals surface area contributed by atoms with Crippen LogP contribution in [0.15, 0.2) is 0 Å². The van der Waals surface area contributed by atoms with Crippen molar-refractivity contribution in [3.8, 4) is 0 Å². The largest absolute Gasteiger partial charge is 0.298 e. The van der Waals surface area contributed by atoms with Crippen LogP contribution >= 0.6 is 22.6 Å². The first-order valence-electron chi connectivity index (χ1n) is 6.57. The smallest absolute Gasteiger partial charge is 0.150 e. The summed E-state index contributed by atoms with van der Waals surface area (Å²) in [5.74, 6) is 2.74. The standard InChI is InChI=1S/C13H18INO/c1-7-2-9-12-10(16)4-8-5-13(9,14)11(3-7)15(12)6-8/h7-9,11-12H,2-6H2,1H3. The Morgan fingerprint density at radius 2 is 2.25 bits per heavy atom. The molecule has 88 valence electrons. The number of ketones is 1. The van der Waals surface area contributed by atoms with Crippen LogP contribution in [0.1, 0.15) is 32.6 Å². The molecule has 1 aliphatic carbocycles. The maximum Gasteiger partial charge on any atom is 0.150 e. The van der Waals surface area contributed by atoms with E-state index in [1.54, 1.807) is 0 Å². The number of fused-ring (bicyclic) bond motifs is 2. The predicted molar refractivity (Wildman–Crippen MR) is 70.7 cm³/mol. The van der Waals surface area contributed by atoms with Gasteiger partial charge in [0.25, 0.3) is 0 Å². The molecule has 1 saturated carbocycles. The van der Waals surface area contributed by atoms with E-state index in [1.807, 2.05) is 0 Å². The third kappa shape index (κ3) is 1.05. The summed E-state index contributed by atoms with van der Waals surface area (Å²) in [5.41, 5.74) is 0. The molecule has 0 radical (unpaired) electrons. The van der Waals surface area contributed by atoms with E-state index in [2.05, 4.69) is 34.4 Å². The van der Waals surface area contributed by atoms with Gasteiger partial charge in [-0.15, -0.1) is 0 Å². The normalized spacial score (nSPS) is 62.8. The van der Waals surface area contributed by atoms with Crippen LogP contribution in [0, 0.1) is 17.8 Å². The zero-order valence-electron chi connectivity index (χ0n) is 9.66. The summed E-state index contributed by atoms with van der Waals surface area (Å²) in [6.07, 6.45) is 4.81. The lowest BCUT2D eigenvalue weighted by molar-refractivity contribution is -0.129. The number of alkyl halides is 1. The summed E-state index contributed by atoms with van der Waals surface area (Å²) in [7, 11) is 0. The highest BCUT2D eigenvalue weighted by Gasteiger charge is 2.67. The summed E-state index contributed by atoms with van der Waals surface area (Å²) in [6, 6.07) is 1.03. The molecule has 5 bridgehead atoms. The number of carbonyl (C=O) groups is 1. The molecular weight excluding hydrogens is 313 g/mol. The van der Waals surface area contributed by atoms with Crippen LogP contribution in [0.5, 0.6) is 0 Å². The molecule has 16 heavy (non-hydrogen) atoms. The fourth-order valence-corrected chi connectivity index (χ4v) is 6.89. The lowest BCUT2D eigenvalue weighted by Crippen LogP contribution is -2.55. The molecule has 3 saturated heterocycles. The molecule has 3 aliphatic heterocycles. The van der Waals surface area contributed by atoms with Crippen LogP contribution < -0.4 is 0 Å². The maximum absolute atomic E-state index is 12.3. The van der Waals surface area contributed by atoms with Crippen molar-refractivity contribution in [1.82, 2.24) is 4.90 Å². The number of halogens is 1. The highest BCUT2D eigenvalue weighted by Crippen LogP contribution is 2.61. The Labute approximate surface area is 110 Å². The Balaban J connectivity index is 1.86. The number of hydrogen-bond acceptors (Lipinski definition) is 2. The Morgan fingerprint density at radius 1 is 1.44 bits per heavy atom. The fraction of sp³-hybridized carbons (Fsp3) is 0.923. The molecule has 7 unspecified atom stereocenters. The molecule has 3 heteroatoms. The van der Waals surface area contributed by atoms with Crippen LogP contribution in [0.4, 0.5) is 0 Å². The lowest BCUT2D eigenvalue weighted by Gasteiger charge is -2.48. The second-order valence-electron chi connectivity index (χ2n) is 6.51. The number of hydrogen-bond donors (Lipinski definition) is 0. The first-order chi connectivity index (χ1) is 7.59. The van der Waals surface area contributed by atoms with Crippen molar-refractivity contribution in [2.75, 3.05) is 6.54 Å². The molecule has 0 amide bonds. The Morgan fingerprint density at radius 3 is 3.06 bits per heavy atom. The van der Waals surface area contributed by atoms with Gasteiger partial charge in [-0.2, -0.15) is 0 Å². The minimum Gasteiger partial charge on any atom is -0.298 e. The van der Waals surface area contributed by atoms with Gasteiger partial charge in [-0.05, 0) is 37.0 Å².